The van der Waals surface area contributed by atoms with Gasteiger partial charge in [-0.25, -0.2) is 0 Å². The number of halogens is 2. The number of thiophene rings is 1. The van der Waals surface area contributed by atoms with E-state index in [1.54, 1.807) is 29.6 Å². The van der Waals surface area contributed by atoms with Gasteiger partial charge in [0.05, 0.1) is 20.3 Å². The summed E-state index contributed by atoms with van der Waals surface area (Å²) in [7, 11) is 0. The molecule has 2 heterocycles. The fraction of sp³-hybridized carbons (Fsp3) is 0.0588. The third kappa shape index (κ3) is 3.54. The number of carbonyl (C=O) groups is 1. The van der Waals surface area contributed by atoms with E-state index in [0.29, 0.717) is 21.4 Å². The Labute approximate surface area is 156 Å². The number of nitrogens with zero attached hydrogens (tertiary/aromatic N) is 2. The minimum Gasteiger partial charge on any atom is -0.311 e. The van der Waals surface area contributed by atoms with Gasteiger partial charge in [0.25, 0.3) is 5.91 Å². The number of aromatic nitrogens is 1. The van der Waals surface area contributed by atoms with Crippen molar-refractivity contribution in [3.8, 4) is 0 Å². The first-order chi connectivity index (χ1) is 11.6. The molecule has 0 radical (unpaired) electrons. The Morgan fingerprint density at radius 2 is 2.17 bits per heavy atom. The summed E-state index contributed by atoms with van der Waals surface area (Å²) in [5.74, 6) is -0.324. The number of hydrogen-bond acceptors (Lipinski definition) is 3. The van der Waals surface area contributed by atoms with Gasteiger partial charge in [-0.3, -0.25) is 4.79 Å². The monoisotopic (exact) mass is 394 g/mol. The van der Waals surface area contributed by atoms with E-state index in [0.717, 1.165) is 15.1 Å². The lowest BCUT2D eigenvalue weighted by Crippen LogP contribution is -2.15. The molecule has 0 N–H and O–H groups in total. The summed E-state index contributed by atoms with van der Waals surface area (Å²) in [5.41, 5.74) is 0.767. The molecular weight excluding hydrogens is 383 g/mol. The fourth-order valence-corrected chi connectivity index (χ4v) is 4.30. The van der Waals surface area contributed by atoms with Crippen molar-refractivity contribution in [1.29, 1.82) is 0 Å². The molecule has 24 heavy (non-hydrogen) atoms. The van der Waals surface area contributed by atoms with Crippen molar-refractivity contribution in [2.45, 2.75) is 6.54 Å². The standard InChI is InChI=1S/C17H12Cl2N2OS2/c1-2-9-21-16-13(7-6-12(18)15(16)19)24-17(21)20-14(22)8-5-11-4-3-10-23-11/h2-8,10H,1,9H2/b8-5+,20-17?. The van der Waals surface area contributed by atoms with E-state index in [2.05, 4.69) is 11.6 Å². The Kier molecular flexibility index (Phi) is 5.36. The van der Waals surface area contributed by atoms with Gasteiger partial charge < -0.3 is 4.57 Å². The summed E-state index contributed by atoms with van der Waals surface area (Å²) >= 11 is 15.4. The van der Waals surface area contributed by atoms with Crippen LogP contribution in [0, 0.1) is 0 Å². The first-order valence-corrected chi connectivity index (χ1v) is 9.44. The Hall–Kier alpha value is -1.66. The van der Waals surface area contributed by atoms with Gasteiger partial charge in [-0.05, 0) is 29.7 Å². The molecule has 0 saturated carbocycles. The van der Waals surface area contributed by atoms with Crippen molar-refractivity contribution < 1.29 is 4.79 Å². The molecule has 0 atom stereocenters. The van der Waals surface area contributed by atoms with Crippen molar-refractivity contribution >= 4 is 68.1 Å². The van der Waals surface area contributed by atoms with Crippen LogP contribution in [0.3, 0.4) is 0 Å². The molecule has 3 rings (SSSR count). The molecule has 2 aromatic heterocycles. The average Bonchev–Trinajstić information content (AvgIpc) is 3.18. The second-order valence-electron chi connectivity index (χ2n) is 4.79. The van der Waals surface area contributed by atoms with Gasteiger partial charge in [-0.15, -0.1) is 17.9 Å². The maximum atomic E-state index is 12.2. The summed E-state index contributed by atoms with van der Waals surface area (Å²) in [6.07, 6.45) is 4.95. The predicted molar refractivity (Wildman–Crippen MR) is 104 cm³/mol. The molecule has 0 unspecified atom stereocenters. The molecule has 0 aliphatic carbocycles. The fourth-order valence-electron chi connectivity index (χ4n) is 2.16. The SMILES string of the molecule is C=CCn1c(=NC(=O)/C=C/c2cccs2)sc2ccc(Cl)c(Cl)c21. The van der Waals surface area contributed by atoms with Crippen molar-refractivity contribution in [3.63, 3.8) is 0 Å². The van der Waals surface area contributed by atoms with Crippen LogP contribution < -0.4 is 4.80 Å². The molecule has 122 valence electrons. The summed E-state index contributed by atoms with van der Waals surface area (Å²) in [6.45, 7) is 4.24. The zero-order valence-electron chi connectivity index (χ0n) is 12.4. The van der Waals surface area contributed by atoms with Gasteiger partial charge in [0.2, 0.25) is 0 Å². The summed E-state index contributed by atoms with van der Waals surface area (Å²) in [6, 6.07) is 7.48. The minimum absolute atomic E-state index is 0.324. The predicted octanol–water partition coefficient (Wildman–Crippen LogP) is 5.40. The van der Waals surface area contributed by atoms with Gasteiger partial charge in [0, 0.05) is 17.5 Å². The summed E-state index contributed by atoms with van der Waals surface area (Å²) < 4.78 is 2.76. The maximum absolute atomic E-state index is 12.2. The van der Waals surface area contributed by atoms with Crippen LogP contribution in [0.2, 0.25) is 10.0 Å². The van der Waals surface area contributed by atoms with E-state index < -0.39 is 0 Å². The zero-order valence-corrected chi connectivity index (χ0v) is 15.6. The lowest BCUT2D eigenvalue weighted by molar-refractivity contribution is -0.113. The highest BCUT2D eigenvalue weighted by Crippen LogP contribution is 2.32. The largest absolute Gasteiger partial charge is 0.311 e. The highest BCUT2D eigenvalue weighted by molar-refractivity contribution is 7.16. The molecular formula is C17H12Cl2N2OS2. The Morgan fingerprint density at radius 3 is 2.88 bits per heavy atom. The highest BCUT2D eigenvalue weighted by Gasteiger charge is 2.12. The first-order valence-electron chi connectivity index (χ1n) is 6.98. The number of thiazole rings is 1. The third-order valence-electron chi connectivity index (χ3n) is 3.18. The first kappa shape index (κ1) is 17.2. The molecule has 0 aliphatic heterocycles. The van der Waals surface area contributed by atoms with Gasteiger partial charge in [0.1, 0.15) is 0 Å². The molecule has 7 heteroatoms. The van der Waals surface area contributed by atoms with Gasteiger partial charge in [0.15, 0.2) is 4.80 Å². The molecule has 3 aromatic rings. The highest BCUT2D eigenvalue weighted by atomic mass is 35.5. The summed E-state index contributed by atoms with van der Waals surface area (Å²) in [4.78, 5) is 17.9. The van der Waals surface area contributed by atoms with E-state index in [1.165, 1.54) is 17.4 Å². The van der Waals surface area contributed by atoms with Crippen LogP contribution in [0.25, 0.3) is 16.3 Å². The van der Waals surface area contributed by atoms with Crippen molar-refractivity contribution in [3.05, 3.63) is 68.1 Å². The van der Waals surface area contributed by atoms with Crippen LogP contribution in [0.1, 0.15) is 4.88 Å². The number of benzene rings is 1. The van der Waals surface area contributed by atoms with Gasteiger partial charge in [-0.2, -0.15) is 4.99 Å². The van der Waals surface area contributed by atoms with Crippen LogP contribution >= 0.6 is 45.9 Å². The smallest absolute Gasteiger partial charge is 0.272 e. The van der Waals surface area contributed by atoms with Crippen LogP contribution in [-0.2, 0) is 11.3 Å². The number of hydrogen-bond donors (Lipinski definition) is 0. The van der Waals surface area contributed by atoms with Gasteiger partial charge in [-0.1, -0.05) is 46.7 Å². The lowest BCUT2D eigenvalue weighted by atomic mass is 10.3. The Bertz CT molecular complexity index is 998. The topological polar surface area (TPSA) is 34.4 Å². The number of carbonyl (C=O) groups excluding carboxylic acids is 1. The second-order valence-corrected chi connectivity index (χ2v) is 7.56. The van der Waals surface area contributed by atoms with Crippen LogP contribution in [0.15, 0.2) is 53.4 Å². The van der Waals surface area contributed by atoms with E-state index in [1.807, 2.05) is 28.1 Å². The number of amides is 1. The molecule has 0 bridgehead atoms. The van der Waals surface area contributed by atoms with Crippen molar-refractivity contribution in [2.24, 2.45) is 4.99 Å². The molecule has 1 amide bonds. The van der Waals surface area contributed by atoms with Crippen molar-refractivity contribution in [1.82, 2.24) is 4.57 Å². The Balaban J connectivity index is 2.07. The Morgan fingerprint density at radius 1 is 1.33 bits per heavy atom. The molecule has 0 saturated heterocycles. The van der Waals surface area contributed by atoms with Gasteiger partial charge >= 0.3 is 0 Å². The van der Waals surface area contributed by atoms with Crippen LogP contribution in [-0.4, -0.2) is 10.5 Å². The molecule has 3 nitrogen and oxygen atoms in total. The maximum Gasteiger partial charge on any atom is 0.272 e. The second kappa shape index (κ2) is 7.49. The van der Waals surface area contributed by atoms with Crippen LogP contribution in [0.4, 0.5) is 0 Å². The quantitative estimate of drug-likeness (QED) is 0.430. The van der Waals surface area contributed by atoms with Crippen molar-refractivity contribution in [2.75, 3.05) is 0 Å². The summed E-state index contributed by atoms with van der Waals surface area (Å²) in [5, 5.41) is 2.88. The zero-order chi connectivity index (χ0) is 17.1. The lowest BCUT2D eigenvalue weighted by Gasteiger charge is -2.03. The molecule has 0 aliphatic rings. The van der Waals surface area contributed by atoms with E-state index in [4.69, 9.17) is 23.2 Å². The molecule has 0 fully saturated rings. The van der Waals surface area contributed by atoms with E-state index in [9.17, 15) is 4.79 Å². The van der Waals surface area contributed by atoms with E-state index in [-0.39, 0.29) is 5.91 Å². The van der Waals surface area contributed by atoms with Crippen LogP contribution in [0.5, 0.6) is 0 Å². The number of fused-ring (bicyclic) bond motifs is 1. The number of allylic oxidation sites excluding steroid dienone is 1. The third-order valence-corrected chi connectivity index (χ3v) is 5.86. The normalized spacial score (nSPS) is 12.3. The molecule has 1 aromatic carbocycles. The number of rotatable bonds is 4. The average molecular weight is 395 g/mol. The minimum atomic E-state index is -0.324. The molecule has 0 spiro atoms. The van der Waals surface area contributed by atoms with E-state index >= 15 is 0 Å².